The standard InChI is InChI=1S/C10H13N3O/c1-2-10(14)13-5-8(6-13)9-3-4-11-7-12-9/h3-4,7-8H,2,5-6H2,1H3. The fourth-order valence-electron chi connectivity index (χ4n) is 1.64. The van der Waals surface area contributed by atoms with Crippen molar-refractivity contribution in [3.05, 3.63) is 24.3 Å². The summed E-state index contributed by atoms with van der Waals surface area (Å²) >= 11 is 0. The number of hydrogen-bond donors (Lipinski definition) is 0. The molecule has 1 amide bonds. The van der Waals surface area contributed by atoms with Crippen LogP contribution in [0.25, 0.3) is 0 Å². The number of carbonyl (C=O) groups is 1. The van der Waals surface area contributed by atoms with Gasteiger partial charge in [-0.05, 0) is 6.07 Å². The molecule has 1 aliphatic heterocycles. The minimum atomic E-state index is 0.232. The average Bonchev–Trinajstić information content (AvgIpc) is 2.17. The second kappa shape index (κ2) is 3.74. The van der Waals surface area contributed by atoms with E-state index in [9.17, 15) is 4.79 Å². The van der Waals surface area contributed by atoms with Gasteiger partial charge in [-0.1, -0.05) is 6.92 Å². The highest BCUT2D eigenvalue weighted by molar-refractivity contribution is 5.76. The van der Waals surface area contributed by atoms with E-state index < -0.39 is 0 Å². The van der Waals surface area contributed by atoms with Crippen LogP contribution in [0.15, 0.2) is 18.6 Å². The van der Waals surface area contributed by atoms with E-state index in [0.717, 1.165) is 18.8 Å². The molecule has 1 saturated heterocycles. The third-order valence-electron chi connectivity index (χ3n) is 2.56. The second-order valence-corrected chi connectivity index (χ2v) is 3.48. The predicted octanol–water partition coefficient (Wildman–Crippen LogP) is 0.812. The monoisotopic (exact) mass is 191 g/mol. The van der Waals surface area contributed by atoms with E-state index in [4.69, 9.17) is 0 Å². The number of amides is 1. The molecule has 0 aliphatic carbocycles. The van der Waals surface area contributed by atoms with Crippen molar-refractivity contribution in [2.24, 2.45) is 0 Å². The molecule has 0 radical (unpaired) electrons. The molecule has 0 bridgehead atoms. The molecule has 0 aromatic carbocycles. The van der Waals surface area contributed by atoms with Crippen molar-refractivity contribution in [3.8, 4) is 0 Å². The Hall–Kier alpha value is -1.45. The largest absolute Gasteiger partial charge is 0.341 e. The molecule has 1 aromatic heterocycles. The van der Waals surface area contributed by atoms with Gasteiger partial charge in [-0.25, -0.2) is 9.97 Å². The Kier molecular flexibility index (Phi) is 2.43. The Morgan fingerprint density at radius 3 is 3.00 bits per heavy atom. The average molecular weight is 191 g/mol. The van der Waals surface area contributed by atoms with Crippen molar-refractivity contribution in [1.29, 1.82) is 0 Å². The van der Waals surface area contributed by atoms with Gasteiger partial charge in [0.2, 0.25) is 5.91 Å². The molecule has 0 unspecified atom stereocenters. The minimum absolute atomic E-state index is 0.232. The summed E-state index contributed by atoms with van der Waals surface area (Å²) < 4.78 is 0. The molecule has 4 nitrogen and oxygen atoms in total. The highest BCUT2D eigenvalue weighted by atomic mass is 16.2. The summed E-state index contributed by atoms with van der Waals surface area (Å²) in [6, 6.07) is 1.92. The Balaban J connectivity index is 1.92. The van der Waals surface area contributed by atoms with E-state index in [1.165, 1.54) is 0 Å². The number of hydrogen-bond acceptors (Lipinski definition) is 3. The fourth-order valence-corrected chi connectivity index (χ4v) is 1.64. The number of carbonyl (C=O) groups excluding carboxylic acids is 1. The van der Waals surface area contributed by atoms with E-state index in [2.05, 4.69) is 9.97 Å². The number of likely N-dealkylation sites (tertiary alicyclic amines) is 1. The van der Waals surface area contributed by atoms with Gasteiger partial charge in [0, 0.05) is 31.6 Å². The van der Waals surface area contributed by atoms with E-state index in [1.54, 1.807) is 12.5 Å². The zero-order valence-corrected chi connectivity index (χ0v) is 8.18. The maximum absolute atomic E-state index is 11.3. The highest BCUT2D eigenvalue weighted by Gasteiger charge is 2.31. The fraction of sp³-hybridized carbons (Fsp3) is 0.500. The SMILES string of the molecule is CCC(=O)N1CC(c2ccncn2)C1. The van der Waals surface area contributed by atoms with Crippen molar-refractivity contribution < 1.29 is 4.79 Å². The van der Waals surface area contributed by atoms with Gasteiger partial charge in [-0.15, -0.1) is 0 Å². The normalized spacial score (nSPS) is 16.5. The van der Waals surface area contributed by atoms with Crippen LogP contribution in [0.5, 0.6) is 0 Å². The van der Waals surface area contributed by atoms with E-state index >= 15 is 0 Å². The van der Waals surface area contributed by atoms with Crippen molar-refractivity contribution in [2.45, 2.75) is 19.3 Å². The summed E-state index contributed by atoms with van der Waals surface area (Å²) in [6.45, 7) is 3.51. The Labute approximate surface area is 83.0 Å². The third-order valence-corrected chi connectivity index (χ3v) is 2.56. The number of nitrogens with zero attached hydrogens (tertiary/aromatic N) is 3. The summed E-state index contributed by atoms with van der Waals surface area (Å²) in [6.07, 6.45) is 3.89. The van der Waals surface area contributed by atoms with Crippen LogP contribution in [-0.2, 0) is 4.79 Å². The third kappa shape index (κ3) is 1.60. The Bertz CT molecular complexity index is 319. The summed E-state index contributed by atoms with van der Waals surface area (Å²) in [4.78, 5) is 21.2. The van der Waals surface area contributed by atoms with Crippen molar-refractivity contribution in [3.63, 3.8) is 0 Å². The molecule has 1 aromatic rings. The Morgan fingerprint density at radius 1 is 1.64 bits per heavy atom. The Morgan fingerprint density at radius 2 is 2.43 bits per heavy atom. The molecule has 2 heterocycles. The van der Waals surface area contributed by atoms with Gasteiger partial charge in [-0.2, -0.15) is 0 Å². The van der Waals surface area contributed by atoms with Gasteiger partial charge >= 0.3 is 0 Å². The lowest BCUT2D eigenvalue weighted by Gasteiger charge is -2.38. The van der Waals surface area contributed by atoms with Crippen LogP contribution in [0.3, 0.4) is 0 Å². The topological polar surface area (TPSA) is 46.1 Å². The predicted molar refractivity (Wildman–Crippen MR) is 51.6 cm³/mol. The maximum atomic E-state index is 11.3. The lowest BCUT2D eigenvalue weighted by molar-refractivity contribution is -0.135. The lowest BCUT2D eigenvalue weighted by Crippen LogP contribution is -2.48. The van der Waals surface area contributed by atoms with Crippen LogP contribution in [0.1, 0.15) is 25.0 Å². The molecule has 0 atom stereocenters. The van der Waals surface area contributed by atoms with Crippen LogP contribution in [0.4, 0.5) is 0 Å². The smallest absolute Gasteiger partial charge is 0.222 e. The summed E-state index contributed by atoms with van der Waals surface area (Å²) in [5.74, 6) is 0.642. The number of rotatable bonds is 2. The van der Waals surface area contributed by atoms with Crippen LogP contribution < -0.4 is 0 Å². The van der Waals surface area contributed by atoms with Gasteiger partial charge < -0.3 is 4.90 Å². The molecule has 1 aliphatic rings. The van der Waals surface area contributed by atoms with Crippen LogP contribution >= 0.6 is 0 Å². The van der Waals surface area contributed by atoms with Crippen LogP contribution in [0, 0.1) is 0 Å². The zero-order chi connectivity index (χ0) is 9.97. The summed E-state index contributed by atoms with van der Waals surface area (Å²) in [5.41, 5.74) is 1.04. The van der Waals surface area contributed by atoms with Gasteiger partial charge in [0.15, 0.2) is 0 Å². The van der Waals surface area contributed by atoms with E-state index in [0.29, 0.717) is 12.3 Å². The van der Waals surface area contributed by atoms with Crippen molar-refractivity contribution in [1.82, 2.24) is 14.9 Å². The summed E-state index contributed by atoms with van der Waals surface area (Å²) in [5, 5.41) is 0. The maximum Gasteiger partial charge on any atom is 0.222 e. The molecule has 14 heavy (non-hydrogen) atoms. The van der Waals surface area contributed by atoms with E-state index in [1.807, 2.05) is 17.9 Å². The molecule has 0 spiro atoms. The second-order valence-electron chi connectivity index (χ2n) is 3.48. The minimum Gasteiger partial charge on any atom is -0.341 e. The lowest BCUT2D eigenvalue weighted by atomic mass is 9.96. The van der Waals surface area contributed by atoms with Crippen LogP contribution in [0.2, 0.25) is 0 Å². The molecule has 74 valence electrons. The molecule has 4 heteroatoms. The summed E-state index contributed by atoms with van der Waals surface area (Å²) in [7, 11) is 0. The zero-order valence-electron chi connectivity index (χ0n) is 8.18. The first-order valence-corrected chi connectivity index (χ1v) is 4.85. The number of aromatic nitrogens is 2. The molecular weight excluding hydrogens is 178 g/mol. The van der Waals surface area contributed by atoms with Gasteiger partial charge in [0.1, 0.15) is 6.33 Å². The van der Waals surface area contributed by atoms with Gasteiger partial charge in [0.25, 0.3) is 0 Å². The van der Waals surface area contributed by atoms with E-state index in [-0.39, 0.29) is 5.91 Å². The quantitative estimate of drug-likeness (QED) is 0.695. The first-order chi connectivity index (χ1) is 6.81. The molecule has 0 saturated carbocycles. The first-order valence-electron chi connectivity index (χ1n) is 4.85. The van der Waals surface area contributed by atoms with Gasteiger partial charge in [0.05, 0.1) is 5.69 Å². The molecular formula is C10H13N3O. The molecule has 2 rings (SSSR count). The first kappa shape index (κ1) is 9.12. The van der Waals surface area contributed by atoms with Crippen LogP contribution in [-0.4, -0.2) is 33.9 Å². The highest BCUT2D eigenvalue weighted by Crippen LogP contribution is 2.25. The molecule has 1 fully saturated rings. The van der Waals surface area contributed by atoms with Gasteiger partial charge in [-0.3, -0.25) is 4.79 Å². The van der Waals surface area contributed by atoms with Crippen molar-refractivity contribution >= 4 is 5.91 Å². The molecule has 0 N–H and O–H groups in total. The van der Waals surface area contributed by atoms with Crippen molar-refractivity contribution in [2.75, 3.05) is 13.1 Å².